The number of rotatable bonds is 7. The Kier molecular flexibility index (Phi) is 8.42. The number of amides is 1. The number of nitrogens with one attached hydrogen (secondary N) is 1. The zero-order valence-corrected chi connectivity index (χ0v) is 17.0. The third-order valence-corrected chi connectivity index (χ3v) is 6.24. The highest BCUT2D eigenvalue weighted by Crippen LogP contribution is 2.21. The summed E-state index contributed by atoms with van der Waals surface area (Å²) in [5, 5.41) is 1.58. The van der Waals surface area contributed by atoms with Gasteiger partial charge in [0.1, 0.15) is 6.54 Å². The van der Waals surface area contributed by atoms with Crippen LogP contribution in [-0.4, -0.2) is 57.0 Å². The first-order valence-corrected chi connectivity index (χ1v) is 10.8. The fourth-order valence-electron chi connectivity index (χ4n) is 2.78. The zero-order chi connectivity index (χ0) is 22.2. The van der Waals surface area contributed by atoms with Crippen molar-refractivity contribution < 1.29 is 35.9 Å². The number of nitrogens with zero attached hydrogens (tertiary/aromatic N) is 1. The first-order chi connectivity index (χ1) is 14.1. The average Bonchev–Trinajstić information content (AvgIpc) is 2.99. The molecule has 1 aliphatic rings. The Labute approximate surface area is 172 Å². The predicted octanol–water partition coefficient (Wildman–Crippen LogP) is 2.49. The lowest BCUT2D eigenvalue weighted by molar-refractivity contribution is -0.148. The van der Waals surface area contributed by atoms with Crippen LogP contribution in [0.5, 0.6) is 0 Å². The number of carbonyl (C=O) groups excluding carboxylic acids is 2. The van der Waals surface area contributed by atoms with Crippen LogP contribution in [-0.2, 0) is 24.3 Å². The van der Waals surface area contributed by atoms with E-state index in [1.807, 2.05) is 0 Å². The molecular weight excluding hydrogens is 425 g/mol. The van der Waals surface area contributed by atoms with E-state index in [-0.39, 0.29) is 4.90 Å². The van der Waals surface area contributed by atoms with E-state index in [0.29, 0.717) is 18.7 Å². The molecule has 0 radical (unpaired) electrons. The van der Waals surface area contributed by atoms with Crippen LogP contribution < -0.4 is 5.32 Å². The van der Waals surface area contributed by atoms with E-state index >= 15 is 0 Å². The maximum atomic E-state index is 12.7. The summed E-state index contributed by atoms with van der Waals surface area (Å²) in [4.78, 5) is 22.9. The first-order valence-electron chi connectivity index (χ1n) is 9.36. The molecule has 1 aromatic carbocycles. The fourth-order valence-corrected chi connectivity index (χ4v) is 4.30. The molecule has 0 unspecified atom stereocenters. The molecule has 0 saturated carbocycles. The van der Waals surface area contributed by atoms with Gasteiger partial charge in [0.05, 0.1) is 4.90 Å². The second kappa shape index (κ2) is 10.6. The Balaban J connectivity index is 1.88. The minimum Gasteiger partial charge on any atom is -0.452 e. The van der Waals surface area contributed by atoms with E-state index in [4.69, 9.17) is 0 Å². The van der Waals surface area contributed by atoms with Crippen LogP contribution in [0, 0.1) is 0 Å². The molecule has 7 nitrogen and oxygen atoms in total. The average molecular weight is 448 g/mol. The molecule has 0 atom stereocenters. The van der Waals surface area contributed by atoms with Gasteiger partial charge in [-0.25, -0.2) is 13.2 Å². The van der Waals surface area contributed by atoms with Crippen LogP contribution in [0.2, 0.25) is 0 Å². The second-order valence-electron chi connectivity index (χ2n) is 6.72. The van der Waals surface area contributed by atoms with Gasteiger partial charge in [-0.2, -0.15) is 17.5 Å². The van der Waals surface area contributed by atoms with Crippen LogP contribution in [0.15, 0.2) is 35.2 Å². The number of alkyl halides is 3. The summed E-state index contributed by atoms with van der Waals surface area (Å²) < 4.78 is 67.4. The molecule has 1 amide bonds. The van der Waals surface area contributed by atoms with E-state index in [1.165, 1.54) is 34.6 Å². The van der Waals surface area contributed by atoms with E-state index < -0.39 is 41.2 Å². The van der Waals surface area contributed by atoms with Crippen molar-refractivity contribution in [3.8, 4) is 0 Å². The number of halogens is 3. The minimum absolute atomic E-state index is 0.158. The SMILES string of the molecule is O=C(COC(=O)/C=C/c1ccc(S(=O)(=O)N2CCCCCC2)cc1)NCC(F)(F)F. The van der Waals surface area contributed by atoms with E-state index in [1.54, 1.807) is 5.32 Å². The maximum absolute atomic E-state index is 12.7. The summed E-state index contributed by atoms with van der Waals surface area (Å²) in [5.41, 5.74) is 0.517. The molecule has 0 spiro atoms. The molecule has 0 aromatic heterocycles. The molecule has 0 bridgehead atoms. The highest BCUT2D eigenvalue weighted by atomic mass is 32.2. The molecule has 1 heterocycles. The van der Waals surface area contributed by atoms with E-state index in [2.05, 4.69) is 4.74 Å². The Morgan fingerprint density at radius 2 is 1.67 bits per heavy atom. The molecule has 30 heavy (non-hydrogen) atoms. The van der Waals surface area contributed by atoms with Gasteiger partial charge in [-0.05, 0) is 36.6 Å². The summed E-state index contributed by atoms with van der Waals surface area (Å²) in [5.74, 6) is -1.99. The molecule has 166 valence electrons. The second-order valence-corrected chi connectivity index (χ2v) is 8.66. The number of hydrogen-bond acceptors (Lipinski definition) is 5. The highest BCUT2D eigenvalue weighted by molar-refractivity contribution is 7.89. The third kappa shape index (κ3) is 7.79. The summed E-state index contributed by atoms with van der Waals surface area (Å²) in [6.45, 7) is -1.36. The Hall–Kier alpha value is -2.40. The van der Waals surface area contributed by atoms with Gasteiger partial charge >= 0.3 is 12.1 Å². The van der Waals surface area contributed by atoms with E-state index in [0.717, 1.165) is 31.8 Å². The standard InChI is InChI=1S/C19H23F3N2O5S/c20-19(21,22)14-23-17(25)13-29-18(26)10-7-15-5-8-16(9-6-15)30(27,28)24-11-3-1-2-4-12-24/h5-10H,1-4,11-14H2,(H,23,25)/b10-7+. The zero-order valence-electron chi connectivity index (χ0n) is 16.2. The van der Waals surface area contributed by atoms with Crippen LogP contribution in [0.1, 0.15) is 31.2 Å². The lowest BCUT2D eigenvalue weighted by Gasteiger charge is -2.19. The Morgan fingerprint density at radius 3 is 2.23 bits per heavy atom. The molecule has 0 aliphatic carbocycles. The number of ether oxygens (including phenoxy) is 1. The monoisotopic (exact) mass is 448 g/mol. The normalized spacial score (nSPS) is 16.2. The maximum Gasteiger partial charge on any atom is 0.405 e. The van der Waals surface area contributed by atoms with Crippen LogP contribution in [0.25, 0.3) is 6.08 Å². The van der Waals surface area contributed by atoms with Gasteiger partial charge in [0.25, 0.3) is 5.91 Å². The third-order valence-electron chi connectivity index (χ3n) is 4.33. The topological polar surface area (TPSA) is 92.8 Å². The van der Waals surface area contributed by atoms with Crippen molar-refractivity contribution >= 4 is 28.0 Å². The summed E-state index contributed by atoms with van der Waals surface area (Å²) in [6.07, 6.45) is 1.47. The molecule has 2 rings (SSSR count). The first kappa shape index (κ1) is 23.9. The predicted molar refractivity (Wildman–Crippen MR) is 103 cm³/mol. The summed E-state index contributed by atoms with van der Waals surface area (Å²) >= 11 is 0. The van der Waals surface area contributed by atoms with Gasteiger partial charge in [-0.3, -0.25) is 4.79 Å². The molecule has 1 fully saturated rings. The van der Waals surface area contributed by atoms with Gasteiger partial charge in [0.15, 0.2) is 6.61 Å². The van der Waals surface area contributed by atoms with Gasteiger partial charge < -0.3 is 10.1 Å². The van der Waals surface area contributed by atoms with Crippen molar-refractivity contribution in [2.45, 2.75) is 36.8 Å². The van der Waals surface area contributed by atoms with Crippen molar-refractivity contribution in [1.29, 1.82) is 0 Å². The largest absolute Gasteiger partial charge is 0.452 e. The van der Waals surface area contributed by atoms with Gasteiger partial charge in [0, 0.05) is 19.2 Å². The Bertz CT molecular complexity index is 859. The van der Waals surface area contributed by atoms with Crippen molar-refractivity contribution in [3.05, 3.63) is 35.9 Å². The van der Waals surface area contributed by atoms with Gasteiger partial charge in [-0.1, -0.05) is 25.0 Å². The smallest absolute Gasteiger partial charge is 0.405 e. The van der Waals surface area contributed by atoms with Crippen molar-refractivity contribution in [3.63, 3.8) is 0 Å². The van der Waals surface area contributed by atoms with E-state index in [9.17, 15) is 31.2 Å². The summed E-state index contributed by atoms with van der Waals surface area (Å²) in [7, 11) is -3.57. The number of carbonyl (C=O) groups is 2. The van der Waals surface area contributed by atoms with Crippen molar-refractivity contribution in [1.82, 2.24) is 9.62 Å². The number of esters is 1. The molecule has 1 N–H and O–H groups in total. The Morgan fingerprint density at radius 1 is 1.07 bits per heavy atom. The minimum atomic E-state index is -4.55. The van der Waals surface area contributed by atoms with Crippen molar-refractivity contribution in [2.75, 3.05) is 26.2 Å². The quantitative estimate of drug-likeness (QED) is 0.511. The van der Waals surface area contributed by atoms with Crippen molar-refractivity contribution in [2.24, 2.45) is 0 Å². The number of sulfonamides is 1. The number of benzene rings is 1. The number of hydrogen-bond donors (Lipinski definition) is 1. The summed E-state index contributed by atoms with van der Waals surface area (Å²) in [6, 6.07) is 5.92. The van der Waals surface area contributed by atoms with Gasteiger partial charge in [0.2, 0.25) is 10.0 Å². The molecule has 1 aromatic rings. The highest BCUT2D eigenvalue weighted by Gasteiger charge is 2.28. The molecule has 11 heteroatoms. The molecular formula is C19H23F3N2O5S. The van der Waals surface area contributed by atoms with Crippen LogP contribution in [0.3, 0.4) is 0 Å². The van der Waals surface area contributed by atoms with Crippen LogP contribution in [0.4, 0.5) is 13.2 Å². The fraction of sp³-hybridized carbons (Fsp3) is 0.474. The van der Waals surface area contributed by atoms with Gasteiger partial charge in [-0.15, -0.1) is 0 Å². The van der Waals surface area contributed by atoms with Crippen LogP contribution >= 0.6 is 0 Å². The lowest BCUT2D eigenvalue weighted by atomic mass is 10.2. The lowest BCUT2D eigenvalue weighted by Crippen LogP contribution is -2.36. The molecule has 1 aliphatic heterocycles. The molecule has 1 saturated heterocycles.